The lowest BCUT2D eigenvalue weighted by Crippen LogP contribution is -2.37. The van der Waals surface area contributed by atoms with Gasteiger partial charge in [0.2, 0.25) is 0 Å². The number of hydrogen-bond donors (Lipinski definition) is 1. The van der Waals surface area contributed by atoms with Gasteiger partial charge in [0.1, 0.15) is 5.75 Å². The molecule has 0 spiro atoms. The minimum atomic E-state index is -0.431. The number of aliphatic hydroxyl groups excluding tert-OH is 1. The average molecular weight is 295 g/mol. The molecule has 0 aliphatic carbocycles. The lowest BCUT2D eigenvalue weighted by atomic mass is 10.1. The van der Waals surface area contributed by atoms with Gasteiger partial charge in [-0.15, -0.1) is 0 Å². The Morgan fingerprint density at radius 1 is 1.48 bits per heavy atom. The van der Waals surface area contributed by atoms with Crippen LogP contribution < -0.4 is 9.64 Å². The summed E-state index contributed by atoms with van der Waals surface area (Å²) in [6.45, 7) is 1.25. The van der Waals surface area contributed by atoms with Crippen LogP contribution in [0.4, 0.5) is 11.4 Å². The third kappa shape index (κ3) is 3.62. The molecule has 116 valence electrons. The molecule has 1 aliphatic rings. The topological polar surface area (TPSA) is 79.1 Å². The number of nitro benzene ring substituents is 1. The van der Waals surface area contributed by atoms with Crippen LogP contribution in [0.25, 0.3) is 0 Å². The number of benzene rings is 1. The number of non-ortho nitro benzene ring substituents is 1. The van der Waals surface area contributed by atoms with E-state index in [2.05, 4.69) is 0 Å². The highest BCUT2D eigenvalue weighted by atomic mass is 16.6. The van der Waals surface area contributed by atoms with E-state index < -0.39 is 11.0 Å². The van der Waals surface area contributed by atoms with E-state index in [9.17, 15) is 15.2 Å². The van der Waals surface area contributed by atoms with Crippen LogP contribution in [-0.2, 0) is 0 Å². The Bertz CT molecular complexity index is 521. The maximum atomic E-state index is 11.0. The first kappa shape index (κ1) is 15.5. The van der Waals surface area contributed by atoms with Crippen molar-refractivity contribution in [1.82, 2.24) is 4.90 Å². The minimum absolute atomic E-state index is 0.00524. The molecule has 2 atom stereocenters. The van der Waals surface area contributed by atoms with Gasteiger partial charge in [-0.25, -0.2) is 0 Å². The van der Waals surface area contributed by atoms with Crippen molar-refractivity contribution < 1.29 is 14.8 Å². The Labute approximate surface area is 123 Å². The zero-order valence-corrected chi connectivity index (χ0v) is 12.5. The van der Waals surface area contributed by atoms with Crippen LogP contribution in [0.3, 0.4) is 0 Å². The average Bonchev–Trinajstić information content (AvgIpc) is 2.78. The van der Waals surface area contributed by atoms with Crippen LogP contribution in [0.1, 0.15) is 6.42 Å². The number of likely N-dealkylation sites (N-methyl/N-ethyl adjacent to an activating group) is 1. The van der Waals surface area contributed by atoms with Crippen molar-refractivity contribution in [2.24, 2.45) is 0 Å². The van der Waals surface area contributed by atoms with Crippen LogP contribution in [-0.4, -0.2) is 61.4 Å². The first-order chi connectivity index (χ1) is 9.90. The molecule has 1 N–H and O–H groups in total. The van der Waals surface area contributed by atoms with Gasteiger partial charge in [0, 0.05) is 37.0 Å². The third-order valence-electron chi connectivity index (χ3n) is 3.62. The highest BCUT2D eigenvalue weighted by Crippen LogP contribution is 2.33. The smallest absolute Gasteiger partial charge is 0.275 e. The number of aliphatic hydroxyl groups is 1. The van der Waals surface area contributed by atoms with Crippen molar-refractivity contribution in [2.45, 2.75) is 18.6 Å². The maximum Gasteiger partial charge on any atom is 0.275 e. The number of hydrogen-bond acceptors (Lipinski definition) is 6. The van der Waals surface area contributed by atoms with Gasteiger partial charge < -0.3 is 19.6 Å². The van der Waals surface area contributed by atoms with E-state index in [4.69, 9.17) is 4.74 Å². The molecule has 0 radical (unpaired) electrons. The molecule has 1 saturated heterocycles. The summed E-state index contributed by atoms with van der Waals surface area (Å²) in [7, 11) is 5.42. The number of anilines is 1. The van der Waals surface area contributed by atoms with Gasteiger partial charge in [-0.05, 0) is 20.5 Å². The number of ether oxygens (including phenoxy) is 1. The molecule has 1 aromatic carbocycles. The molecule has 1 aromatic rings. The van der Waals surface area contributed by atoms with E-state index in [1.165, 1.54) is 19.2 Å². The lowest BCUT2D eigenvalue weighted by molar-refractivity contribution is -0.384. The second kappa shape index (κ2) is 6.28. The van der Waals surface area contributed by atoms with E-state index in [1.807, 2.05) is 23.9 Å². The zero-order chi connectivity index (χ0) is 15.6. The Morgan fingerprint density at radius 3 is 2.76 bits per heavy atom. The van der Waals surface area contributed by atoms with Gasteiger partial charge in [0.25, 0.3) is 5.69 Å². The normalized spacial score (nSPS) is 21.9. The summed E-state index contributed by atoms with van der Waals surface area (Å²) in [6.07, 6.45) is 0.239. The Balaban J connectivity index is 2.34. The van der Waals surface area contributed by atoms with Crippen molar-refractivity contribution in [3.8, 4) is 5.75 Å². The fraction of sp³-hybridized carbons (Fsp3) is 0.571. The second-order valence-corrected chi connectivity index (χ2v) is 5.60. The molecule has 0 saturated carbocycles. The van der Waals surface area contributed by atoms with Crippen molar-refractivity contribution in [3.05, 3.63) is 28.3 Å². The fourth-order valence-electron chi connectivity index (χ4n) is 2.76. The summed E-state index contributed by atoms with van der Waals surface area (Å²) in [5, 5.41) is 21.0. The van der Waals surface area contributed by atoms with Gasteiger partial charge in [-0.2, -0.15) is 0 Å². The van der Waals surface area contributed by atoms with E-state index in [-0.39, 0.29) is 11.7 Å². The summed E-state index contributed by atoms with van der Waals surface area (Å²) < 4.78 is 5.14. The monoisotopic (exact) mass is 295 g/mol. The molecule has 0 aromatic heterocycles. The summed E-state index contributed by atoms with van der Waals surface area (Å²) in [4.78, 5) is 14.7. The summed E-state index contributed by atoms with van der Waals surface area (Å²) in [5.41, 5.74) is 0.707. The van der Waals surface area contributed by atoms with Gasteiger partial charge in [0.15, 0.2) is 0 Å². The predicted octanol–water partition coefficient (Wildman–Crippen LogP) is 1.10. The number of methoxy groups -OCH3 is 1. The second-order valence-electron chi connectivity index (χ2n) is 5.60. The van der Waals surface area contributed by atoms with Crippen molar-refractivity contribution >= 4 is 11.4 Å². The molecular formula is C14H21N3O4. The van der Waals surface area contributed by atoms with E-state index in [0.717, 1.165) is 6.54 Å². The van der Waals surface area contributed by atoms with E-state index in [1.54, 1.807) is 6.07 Å². The van der Waals surface area contributed by atoms with Crippen molar-refractivity contribution in [2.75, 3.05) is 39.2 Å². The lowest BCUT2D eigenvalue weighted by Gasteiger charge is -2.28. The summed E-state index contributed by atoms with van der Waals surface area (Å²) >= 11 is 0. The Morgan fingerprint density at radius 2 is 2.19 bits per heavy atom. The first-order valence-electron chi connectivity index (χ1n) is 6.83. The van der Waals surface area contributed by atoms with Crippen LogP contribution in [0, 0.1) is 10.1 Å². The van der Waals surface area contributed by atoms with Crippen molar-refractivity contribution in [3.63, 3.8) is 0 Å². The quantitative estimate of drug-likeness (QED) is 0.647. The third-order valence-corrected chi connectivity index (χ3v) is 3.62. The summed E-state index contributed by atoms with van der Waals surface area (Å²) in [6, 6.07) is 4.83. The molecule has 1 fully saturated rings. The molecule has 1 aliphatic heterocycles. The van der Waals surface area contributed by atoms with E-state index in [0.29, 0.717) is 24.4 Å². The molecule has 7 nitrogen and oxygen atoms in total. The molecule has 21 heavy (non-hydrogen) atoms. The molecule has 0 bridgehead atoms. The highest BCUT2D eigenvalue weighted by Gasteiger charge is 2.32. The first-order valence-corrected chi connectivity index (χ1v) is 6.83. The predicted molar refractivity (Wildman–Crippen MR) is 80.0 cm³/mol. The zero-order valence-electron chi connectivity index (χ0n) is 12.5. The number of rotatable bonds is 5. The number of nitrogens with zero attached hydrogens (tertiary/aromatic N) is 3. The maximum absolute atomic E-state index is 11.0. The van der Waals surface area contributed by atoms with E-state index >= 15 is 0 Å². The SMILES string of the molecule is COc1cc(N2CC(O)CC2CN(C)C)cc([N+](=O)[O-])c1. The number of nitro groups is 1. The van der Waals surface area contributed by atoms with Crippen LogP contribution in [0.5, 0.6) is 5.75 Å². The highest BCUT2D eigenvalue weighted by molar-refractivity contribution is 5.59. The van der Waals surface area contributed by atoms with Crippen LogP contribution in [0.15, 0.2) is 18.2 Å². The minimum Gasteiger partial charge on any atom is -0.496 e. The Hall–Kier alpha value is -1.86. The van der Waals surface area contributed by atoms with Gasteiger partial charge >= 0.3 is 0 Å². The molecule has 0 amide bonds. The summed E-state index contributed by atoms with van der Waals surface area (Å²) in [5.74, 6) is 0.448. The largest absolute Gasteiger partial charge is 0.496 e. The van der Waals surface area contributed by atoms with Crippen LogP contribution in [0.2, 0.25) is 0 Å². The van der Waals surface area contributed by atoms with Gasteiger partial charge in [0.05, 0.1) is 24.2 Å². The molecular weight excluding hydrogens is 274 g/mol. The number of β-amino-alcohol motifs (C(OH)–C–C–N with tert-alkyl or cyclic N) is 1. The van der Waals surface area contributed by atoms with Crippen molar-refractivity contribution in [1.29, 1.82) is 0 Å². The molecule has 2 unspecified atom stereocenters. The van der Waals surface area contributed by atoms with Gasteiger partial charge in [-0.1, -0.05) is 0 Å². The molecule has 2 rings (SSSR count). The van der Waals surface area contributed by atoms with Gasteiger partial charge in [-0.3, -0.25) is 10.1 Å². The standard InChI is InChI=1S/C14H21N3O4/c1-15(2)8-12-5-13(18)9-16(12)10-4-11(17(19)20)7-14(6-10)21-3/h4,6-7,12-13,18H,5,8-9H2,1-3H3. The Kier molecular flexibility index (Phi) is 4.64. The molecule has 1 heterocycles. The fourth-order valence-corrected chi connectivity index (χ4v) is 2.76. The van der Waals surface area contributed by atoms with Crippen LogP contribution >= 0.6 is 0 Å². The molecule has 7 heteroatoms.